The number of hydrogen-bond donors (Lipinski definition) is 2. The van der Waals surface area contributed by atoms with Crippen LogP contribution in [0, 0.1) is 0 Å². The number of carbonyl (C=O) groups is 1. The molecule has 3 aromatic carbocycles. The molecule has 2 aromatic heterocycles. The molecule has 9 heteroatoms. The van der Waals surface area contributed by atoms with E-state index in [4.69, 9.17) is 9.47 Å². The van der Waals surface area contributed by atoms with Crippen molar-refractivity contribution >= 4 is 33.5 Å². The Bertz CT molecular complexity index is 1530. The van der Waals surface area contributed by atoms with Crippen LogP contribution in [0.5, 0.6) is 5.75 Å². The molecule has 168 valence electrons. The first-order chi connectivity index (χ1) is 16.7. The number of H-pyrrole nitrogens is 2. The van der Waals surface area contributed by atoms with Crippen LogP contribution in [0.15, 0.2) is 83.2 Å². The van der Waals surface area contributed by atoms with E-state index in [1.165, 1.54) is 0 Å². The number of rotatable bonds is 7. The predicted octanol–water partition coefficient (Wildman–Crippen LogP) is 5.18. The first kappa shape index (κ1) is 21.3. The summed E-state index contributed by atoms with van der Waals surface area (Å²) < 4.78 is 10.7. The molecular formula is C25H21N6O3+. The molecule has 5 rings (SSSR count). The van der Waals surface area contributed by atoms with Crippen LogP contribution in [-0.2, 0) is 4.74 Å². The number of aromatic amines is 2. The number of nitrogens with zero attached hydrogens (tertiary/aromatic N) is 4. The van der Waals surface area contributed by atoms with E-state index < -0.39 is 5.91 Å². The first-order valence-corrected chi connectivity index (χ1v) is 10.6. The minimum absolute atomic E-state index is 0.410. The topological polar surface area (TPSA) is 119 Å². The van der Waals surface area contributed by atoms with Crippen molar-refractivity contribution in [3.8, 4) is 17.1 Å². The van der Waals surface area contributed by atoms with E-state index in [-0.39, 0.29) is 0 Å². The van der Waals surface area contributed by atoms with Crippen LogP contribution in [-0.4, -0.2) is 41.2 Å². The molecule has 0 aliphatic heterocycles. The Labute approximate surface area is 194 Å². The van der Waals surface area contributed by atoms with Crippen LogP contribution < -0.4 is 9.65 Å². The van der Waals surface area contributed by atoms with Gasteiger partial charge in [0.2, 0.25) is 10.0 Å². The maximum absolute atomic E-state index is 12.4. The maximum Gasteiger partial charge on any atom is 0.360 e. The molecule has 0 unspecified atom stereocenters. The Balaban J connectivity index is 1.29. The Kier molecular flexibility index (Phi) is 5.94. The third kappa shape index (κ3) is 4.61. The van der Waals surface area contributed by atoms with Crippen molar-refractivity contribution in [2.45, 2.75) is 0 Å². The number of aromatic nitrogens is 3. The summed E-state index contributed by atoms with van der Waals surface area (Å²) >= 11 is 0. The molecule has 0 aliphatic carbocycles. The van der Waals surface area contributed by atoms with Gasteiger partial charge in [-0.05, 0) is 47.9 Å². The second-order valence-electron chi connectivity index (χ2n) is 7.53. The highest BCUT2D eigenvalue weighted by molar-refractivity contribution is 5.95. The quantitative estimate of drug-likeness (QED) is 0.200. The summed E-state index contributed by atoms with van der Waals surface area (Å²) in [6.45, 7) is 0.999. The van der Waals surface area contributed by atoms with Crippen molar-refractivity contribution in [2.75, 3.05) is 20.3 Å². The lowest BCUT2D eigenvalue weighted by atomic mass is 10.1. The smallest absolute Gasteiger partial charge is 0.360 e. The number of methoxy groups -OCH3 is 1. The third-order valence-corrected chi connectivity index (χ3v) is 5.25. The molecule has 2 N–H and O–H groups in total. The van der Waals surface area contributed by atoms with Gasteiger partial charge in [0.15, 0.2) is 10.8 Å². The Hall–Kier alpha value is -4.59. The van der Waals surface area contributed by atoms with Crippen molar-refractivity contribution in [1.29, 1.82) is 0 Å². The molecule has 0 saturated heterocycles. The standard InChI is InChI=1S/C25H20N6O3/c1-33-12-13-34-20-8-9-21-23(15-20)28-24(27-21)17-2-4-18(5-3-17)25(32)30-31-29-19-7-6-16-10-11-26-22(16)14-19/h2-11,14-15H,12-13H2,1H3,(H,27,28,32)/p+1. The first-order valence-electron chi connectivity index (χ1n) is 10.6. The number of hydrogen-bond acceptors (Lipinski definition) is 5. The summed E-state index contributed by atoms with van der Waals surface area (Å²) in [6.07, 6.45) is 1.85. The normalized spacial score (nSPS) is 10.9. The zero-order valence-electron chi connectivity index (χ0n) is 18.4. The van der Waals surface area contributed by atoms with E-state index in [2.05, 4.69) is 30.1 Å². The lowest BCUT2D eigenvalue weighted by Crippen LogP contribution is -2.03. The molecule has 0 saturated carbocycles. The summed E-state index contributed by atoms with van der Waals surface area (Å²) in [4.78, 5) is 27.1. The number of fused-ring (bicyclic) bond motifs is 2. The van der Waals surface area contributed by atoms with Gasteiger partial charge in [0.25, 0.3) is 0 Å². The van der Waals surface area contributed by atoms with Gasteiger partial charge in [-0.1, -0.05) is 18.2 Å². The summed E-state index contributed by atoms with van der Waals surface area (Å²) in [5.74, 6) is 0.961. The van der Waals surface area contributed by atoms with Crippen molar-refractivity contribution in [1.82, 2.24) is 19.9 Å². The summed E-state index contributed by atoms with van der Waals surface area (Å²) in [5.41, 5.74) is 4.49. The number of ether oxygens (including phenoxy) is 2. The fourth-order valence-corrected chi connectivity index (χ4v) is 3.50. The fourth-order valence-electron chi connectivity index (χ4n) is 3.50. The molecule has 2 heterocycles. The average Bonchev–Trinajstić information content (AvgIpc) is 3.50. The van der Waals surface area contributed by atoms with E-state index in [0.29, 0.717) is 30.3 Å². The molecule has 0 spiro atoms. The Morgan fingerprint density at radius 2 is 1.88 bits per heavy atom. The van der Waals surface area contributed by atoms with Crippen LogP contribution in [0.25, 0.3) is 33.3 Å². The third-order valence-electron chi connectivity index (χ3n) is 5.25. The fraction of sp³-hybridized carbons (Fsp3) is 0.120. The second kappa shape index (κ2) is 9.50. The van der Waals surface area contributed by atoms with E-state index >= 15 is 0 Å². The molecule has 1 amide bonds. The Morgan fingerprint density at radius 3 is 2.74 bits per heavy atom. The highest BCUT2D eigenvalue weighted by Crippen LogP contribution is 2.24. The van der Waals surface area contributed by atoms with Crippen molar-refractivity contribution < 1.29 is 14.3 Å². The van der Waals surface area contributed by atoms with Crippen molar-refractivity contribution in [3.05, 3.63) is 78.5 Å². The molecule has 0 bridgehead atoms. The zero-order chi connectivity index (χ0) is 23.3. The Morgan fingerprint density at radius 1 is 1.00 bits per heavy atom. The predicted molar refractivity (Wildman–Crippen MR) is 128 cm³/mol. The zero-order valence-corrected chi connectivity index (χ0v) is 18.4. The highest BCUT2D eigenvalue weighted by Gasteiger charge is 2.12. The number of carbonyl (C=O) groups excluding carboxylic acids is 1. The van der Waals surface area contributed by atoms with E-state index in [1.54, 1.807) is 19.2 Å². The van der Waals surface area contributed by atoms with Crippen LogP contribution in [0.1, 0.15) is 10.4 Å². The maximum atomic E-state index is 12.4. The lowest BCUT2D eigenvalue weighted by Gasteiger charge is -2.04. The van der Waals surface area contributed by atoms with Crippen LogP contribution in [0.2, 0.25) is 0 Å². The monoisotopic (exact) mass is 453 g/mol. The minimum atomic E-state index is -0.473. The summed E-state index contributed by atoms with van der Waals surface area (Å²) in [7, 11) is 1.63. The molecule has 0 aliphatic rings. The van der Waals surface area contributed by atoms with Crippen molar-refractivity contribution in [2.24, 2.45) is 10.2 Å². The van der Waals surface area contributed by atoms with Gasteiger partial charge in [0, 0.05) is 36.0 Å². The molecule has 0 radical (unpaired) electrons. The summed E-state index contributed by atoms with van der Waals surface area (Å²) in [6, 6.07) is 20.2. The van der Waals surface area contributed by atoms with Gasteiger partial charge in [-0.2, -0.15) is 0 Å². The molecule has 0 atom stereocenters. The number of nitrogens with one attached hydrogen (secondary N) is 2. The molecular weight excluding hydrogens is 432 g/mol. The van der Waals surface area contributed by atoms with E-state index in [9.17, 15) is 4.79 Å². The van der Waals surface area contributed by atoms with Crippen LogP contribution in [0.4, 0.5) is 5.69 Å². The number of benzene rings is 3. The highest BCUT2D eigenvalue weighted by atomic mass is 16.5. The molecule has 9 nitrogen and oxygen atoms in total. The molecule has 0 fully saturated rings. The van der Waals surface area contributed by atoms with Gasteiger partial charge >= 0.3 is 5.91 Å². The SMILES string of the molecule is COCCOc1ccc2nc(-c3ccc(C(=O)N=[N+]=Nc4ccc5cc[nH]c5c4)cc3)[nH]c2c1. The average molecular weight is 453 g/mol. The molecule has 34 heavy (non-hydrogen) atoms. The van der Waals surface area contributed by atoms with E-state index in [0.717, 1.165) is 33.2 Å². The van der Waals surface area contributed by atoms with Gasteiger partial charge in [0.1, 0.15) is 18.2 Å². The minimum Gasteiger partial charge on any atom is -0.491 e. The largest absolute Gasteiger partial charge is 0.491 e. The van der Waals surface area contributed by atoms with E-state index in [1.807, 2.05) is 60.8 Å². The van der Waals surface area contributed by atoms with Gasteiger partial charge < -0.3 is 19.4 Å². The lowest BCUT2D eigenvalue weighted by molar-refractivity contribution is 0.0992. The number of imidazole rings is 1. The van der Waals surface area contributed by atoms with Crippen molar-refractivity contribution in [3.63, 3.8) is 0 Å². The molecule has 5 aromatic rings. The van der Waals surface area contributed by atoms with Crippen LogP contribution in [0.3, 0.4) is 0 Å². The second-order valence-corrected chi connectivity index (χ2v) is 7.53. The van der Waals surface area contributed by atoms with Gasteiger partial charge in [-0.15, -0.1) is 0 Å². The summed E-state index contributed by atoms with van der Waals surface area (Å²) in [5, 5.41) is 8.78. The van der Waals surface area contributed by atoms with Gasteiger partial charge in [-0.3, -0.25) is 4.79 Å². The van der Waals surface area contributed by atoms with Gasteiger partial charge in [0.05, 0.1) is 17.6 Å². The van der Waals surface area contributed by atoms with Gasteiger partial charge in [-0.25, -0.2) is 4.98 Å². The van der Waals surface area contributed by atoms with Crippen LogP contribution >= 0.6 is 0 Å². The number of amides is 1.